The van der Waals surface area contributed by atoms with Gasteiger partial charge < -0.3 is 18.9 Å². The Hall–Kier alpha value is -3.02. The Morgan fingerprint density at radius 1 is 1.08 bits per heavy atom. The van der Waals surface area contributed by atoms with Gasteiger partial charge in [0.25, 0.3) is 5.91 Å². The number of methoxy groups -OCH3 is 1. The number of hydrogen-bond acceptors (Lipinski definition) is 4. The fourth-order valence-corrected chi connectivity index (χ4v) is 3.31. The van der Waals surface area contributed by atoms with Crippen LogP contribution in [-0.2, 0) is 0 Å². The van der Waals surface area contributed by atoms with E-state index in [1.807, 2.05) is 52.9 Å². The van der Waals surface area contributed by atoms with Crippen molar-refractivity contribution in [1.29, 1.82) is 0 Å². The van der Waals surface area contributed by atoms with E-state index in [-0.39, 0.29) is 5.91 Å². The molecule has 0 saturated carbocycles. The summed E-state index contributed by atoms with van der Waals surface area (Å²) >= 11 is 0. The number of ether oxygens (including phenoxy) is 1. The third-order valence-electron chi connectivity index (χ3n) is 4.84. The van der Waals surface area contributed by atoms with Crippen LogP contribution in [0.2, 0.25) is 0 Å². The molecule has 0 bridgehead atoms. The second-order valence-electron chi connectivity index (χ2n) is 6.57. The maximum atomic E-state index is 12.8. The molecule has 0 N–H and O–H groups in total. The molecule has 1 fully saturated rings. The molecule has 1 aliphatic rings. The molecular formula is C20H22N4O2. The first-order chi connectivity index (χ1) is 12.6. The van der Waals surface area contributed by atoms with Crippen molar-refractivity contribution in [2.24, 2.45) is 0 Å². The van der Waals surface area contributed by atoms with E-state index in [1.165, 1.54) is 0 Å². The third kappa shape index (κ3) is 3.10. The van der Waals surface area contributed by atoms with Gasteiger partial charge in [0.2, 0.25) is 0 Å². The summed E-state index contributed by atoms with van der Waals surface area (Å²) < 4.78 is 7.10. The number of anilines is 1. The Morgan fingerprint density at radius 3 is 2.50 bits per heavy atom. The first kappa shape index (κ1) is 16.4. The van der Waals surface area contributed by atoms with E-state index in [0.29, 0.717) is 18.8 Å². The second-order valence-corrected chi connectivity index (χ2v) is 6.57. The van der Waals surface area contributed by atoms with Crippen molar-refractivity contribution in [2.45, 2.75) is 6.92 Å². The van der Waals surface area contributed by atoms with E-state index >= 15 is 0 Å². The average molecular weight is 350 g/mol. The van der Waals surface area contributed by atoms with Crippen LogP contribution in [0.4, 0.5) is 5.69 Å². The number of imidazole rings is 1. The van der Waals surface area contributed by atoms with Crippen molar-refractivity contribution in [1.82, 2.24) is 14.3 Å². The van der Waals surface area contributed by atoms with Crippen molar-refractivity contribution in [3.8, 4) is 5.75 Å². The van der Waals surface area contributed by atoms with Gasteiger partial charge in [-0.05, 0) is 48.9 Å². The highest BCUT2D eigenvalue weighted by Crippen LogP contribution is 2.21. The molecule has 1 aliphatic heterocycles. The van der Waals surface area contributed by atoms with Crippen LogP contribution in [-0.4, -0.2) is 53.5 Å². The first-order valence-corrected chi connectivity index (χ1v) is 8.78. The van der Waals surface area contributed by atoms with Crippen LogP contribution in [0.15, 0.2) is 48.8 Å². The van der Waals surface area contributed by atoms with E-state index in [1.54, 1.807) is 7.11 Å². The zero-order valence-electron chi connectivity index (χ0n) is 15.1. The van der Waals surface area contributed by atoms with Crippen LogP contribution in [0, 0.1) is 6.92 Å². The van der Waals surface area contributed by atoms with Gasteiger partial charge in [-0.3, -0.25) is 4.79 Å². The second kappa shape index (κ2) is 6.71. The number of aromatic nitrogens is 2. The summed E-state index contributed by atoms with van der Waals surface area (Å²) in [7, 11) is 1.67. The normalized spacial score (nSPS) is 14.7. The lowest BCUT2D eigenvalue weighted by Gasteiger charge is -2.35. The Labute approximate surface area is 152 Å². The predicted molar refractivity (Wildman–Crippen MR) is 101 cm³/mol. The lowest BCUT2D eigenvalue weighted by Crippen LogP contribution is -2.48. The molecule has 0 unspecified atom stereocenters. The SMILES string of the molecule is COc1ccc(N2CCN(C(=O)c3cn4ccc(C)cc4n3)CC2)cc1. The van der Waals surface area contributed by atoms with Gasteiger partial charge in [-0.1, -0.05) is 0 Å². The minimum absolute atomic E-state index is 0.000680. The molecule has 0 spiro atoms. The van der Waals surface area contributed by atoms with Crippen molar-refractivity contribution in [3.05, 3.63) is 60.0 Å². The summed E-state index contributed by atoms with van der Waals surface area (Å²) in [5, 5.41) is 0. The Kier molecular flexibility index (Phi) is 4.24. The molecule has 3 heterocycles. The minimum atomic E-state index is 0.000680. The molecule has 0 radical (unpaired) electrons. The summed E-state index contributed by atoms with van der Waals surface area (Å²) in [5.41, 5.74) is 3.61. The quantitative estimate of drug-likeness (QED) is 0.729. The molecule has 1 aromatic carbocycles. The highest BCUT2D eigenvalue weighted by atomic mass is 16.5. The molecule has 2 aromatic heterocycles. The largest absolute Gasteiger partial charge is 0.497 e. The van der Waals surface area contributed by atoms with Gasteiger partial charge in [-0.15, -0.1) is 0 Å². The lowest BCUT2D eigenvalue weighted by molar-refractivity contribution is 0.0741. The molecule has 134 valence electrons. The van der Waals surface area contributed by atoms with Crippen LogP contribution in [0.25, 0.3) is 5.65 Å². The summed E-state index contributed by atoms with van der Waals surface area (Å²) in [4.78, 5) is 21.5. The fraction of sp³-hybridized carbons (Fsp3) is 0.300. The molecular weight excluding hydrogens is 328 g/mol. The first-order valence-electron chi connectivity index (χ1n) is 8.78. The van der Waals surface area contributed by atoms with Gasteiger partial charge in [0, 0.05) is 44.3 Å². The third-order valence-corrected chi connectivity index (χ3v) is 4.84. The predicted octanol–water partition coefficient (Wildman–Crippen LogP) is 2.61. The van der Waals surface area contributed by atoms with E-state index in [0.717, 1.165) is 35.7 Å². The highest BCUT2D eigenvalue weighted by Gasteiger charge is 2.24. The van der Waals surface area contributed by atoms with Gasteiger partial charge in [-0.25, -0.2) is 4.98 Å². The molecule has 26 heavy (non-hydrogen) atoms. The number of nitrogens with zero attached hydrogens (tertiary/aromatic N) is 4. The van der Waals surface area contributed by atoms with Gasteiger partial charge in [0.05, 0.1) is 7.11 Å². The molecule has 6 heteroatoms. The number of carbonyl (C=O) groups is 1. The molecule has 1 saturated heterocycles. The zero-order chi connectivity index (χ0) is 18.1. The molecule has 1 amide bonds. The number of piperazine rings is 1. The van der Waals surface area contributed by atoms with Crippen LogP contribution < -0.4 is 9.64 Å². The summed E-state index contributed by atoms with van der Waals surface area (Å²) in [6.07, 6.45) is 3.75. The summed E-state index contributed by atoms with van der Waals surface area (Å²) in [6, 6.07) is 12.0. The Balaban J connectivity index is 1.43. The topological polar surface area (TPSA) is 50.1 Å². The van der Waals surface area contributed by atoms with Crippen LogP contribution in [0.1, 0.15) is 16.1 Å². The van der Waals surface area contributed by atoms with E-state index in [9.17, 15) is 4.79 Å². The molecule has 0 atom stereocenters. The van der Waals surface area contributed by atoms with E-state index in [2.05, 4.69) is 22.0 Å². The van der Waals surface area contributed by atoms with Crippen molar-refractivity contribution < 1.29 is 9.53 Å². The van der Waals surface area contributed by atoms with Crippen LogP contribution in [0.3, 0.4) is 0 Å². The smallest absolute Gasteiger partial charge is 0.274 e. The molecule has 3 aromatic rings. The number of amides is 1. The van der Waals surface area contributed by atoms with Gasteiger partial charge in [-0.2, -0.15) is 0 Å². The molecule has 4 rings (SSSR count). The summed E-state index contributed by atoms with van der Waals surface area (Å²) in [6.45, 7) is 5.03. The maximum absolute atomic E-state index is 12.8. The van der Waals surface area contributed by atoms with Crippen LogP contribution >= 0.6 is 0 Å². The van der Waals surface area contributed by atoms with Gasteiger partial charge in [0.15, 0.2) is 0 Å². The fourth-order valence-electron chi connectivity index (χ4n) is 3.31. The number of aryl methyl sites for hydroxylation is 1. The monoisotopic (exact) mass is 350 g/mol. The number of carbonyl (C=O) groups excluding carboxylic acids is 1. The van der Waals surface area contributed by atoms with E-state index in [4.69, 9.17) is 4.74 Å². The number of pyridine rings is 1. The number of hydrogen-bond donors (Lipinski definition) is 0. The Morgan fingerprint density at radius 2 is 1.81 bits per heavy atom. The average Bonchev–Trinajstić information content (AvgIpc) is 3.11. The van der Waals surface area contributed by atoms with Crippen molar-refractivity contribution >= 4 is 17.2 Å². The number of fused-ring (bicyclic) bond motifs is 1. The number of benzene rings is 1. The minimum Gasteiger partial charge on any atom is -0.497 e. The van der Waals surface area contributed by atoms with Crippen LogP contribution in [0.5, 0.6) is 5.75 Å². The van der Waals surface area contributed by atoms with Gasteiger partial charge in [0.1, 0.15) is 17.1 Å². The van der Waals surface area contributed by atoms with Crippen molar-refractivity contribution in [3.63, 3.8) is 0 Å². The van der Waals surface area contributed by atoms with Crippen molar-refractivity contribution in [2.75, 3.05) is 38.2 Å². The van der Waals surface area contributed by atoms with E-state index < -0.39 is 0 Å². The number of rotatable bonds is 3. The van der Waals surface area contributed by atoms with Gasteiger partial charge >= 0.3 is 0 Å². The molecule has 0 aliphatic carbocycles. The highest BCUT2D eigenvalue weighted by molar-refractivity contribution is 5.93. The zero-order valence-corrected chi connectivity index (χ0v) is 15.1. The Bertz CT molecular complexity index is 925. The lowest BCUT2D eigenvalue weighted by atomic mass is 10.2. The maximum Gasteiger partial charge on any atom is 0.274 e. The standard InChI is InChI=1S/C20H22N4O2/c1-15-7-8-24-14-18(21-19(24)13-15)20(25)23-11-9-22(10-12-23)16-3-5-17(26-2)6-4-16/h3-8,13-14H,9-12H2,1-2H3. The summed E-state index contributed by atoms with van der Waals surface area (Å²) in [5.74, 6) is 0.852. The molecule has 6 nitrogen and oxygen atoms in total.